The molecule has 0 saturated carbocycles. The summed E-state index contributed by atoms with van der Waals surface area (Å²) >= 11 is 11.4. The number of fused-ring (bicyclic) bond motifs is 1. The van der Waals surface area contributed by atoms with E-state index in [4.69, 9.17) is 39.8 Å². The molecule has 0 saturated heterocycles. The SMILES string of the molecule is Nc1ccccc1N.O=C(O)c1cccc(Cl)c1[N+](=O)[O-].O=[N+]([O-])c1c(Cl)cccc1-c1nc2ccccc2[nH]1. The molecular weight excluding hydrogens is 563 g/mol. The lowest BCUT2D eigenvalue weighted by Gasteiger charge is -2.00. The van der Waals surface area contributed by atoms with E-state index in [1.54, 1.807) is 24.3 Å². The number of nitrogen functional groups attached to an aromatic ring is 2. The molecule has 5 rings (SSSR count). The van der Waals surface area contributed by atoms with E-state index in [9.17, 15) is 25.0 Å². The predicted molar refractivity (Wildman–Crippen MR) is 154 cm³/mol. The molecule has 0 aliphatic rings. The van der Waals surface area contributed by atoms with Crippen molar-refractivity contribution in [2.24, 2.45) is 0 Å². The standard InChI is InChI=1S/C13H8ClN3O2.C7H4ClNO4.C6H8N2/c14-9-5-3-4-8(12(9)17(18)19)13-15-10-6-1-2-7-11(10)16-13;8-5-3-1-2-4(7(10)11)6(5)9(12)13;7-5-3-1-2-4-6(5)8/h1-7H,(H,15,16);1-3H,(H,10,11);1-4H,7-8H2. The number of imidazole rings is 1. The maximum atomic E-state index is 11.1. The van der Waals surface area contributed by atoms with E-state index in [0.29, 0.717) is 22.8 Å². The van der Waals surface area contributed by atoms with Gasteiger partial charge < -0.3 is 21.6 Å². The number of hydrogen-bond acceptors (Lipinski definition) is 8. The Balaban J connectivity index is 0.000000182. The molecule has 0 amide bonds. The highest BCUT2D eigenvalue weighted by Gasteiger charge is 2.23. The van der Waals surface area contributed by atoms with Crippen LogP contribution in [0.25, 0.3) is 22.4 Å². The van der Waals surface area contributed by atoms with Crippen molar-refractivity contribution in [3.63, 3.8) is 0 Å². The smallest absolute Gasteiger partial charge is 0.342 e. The lowest BCUT2D eigenvalue weighted by molar-refractivity contribution is -0.385. The summed E-state index contributed by atoms with van der Waals surface area (Å²) in [6, 6.07) is 23.2. The van der Waals surface area contributed by atoms with Crippen LogP contribution in [-0.4, -0.2) is 30.9 Å². The van der Waals surface area contributed by atoms with Crippen LogP contribution in [0, 0.1) is 20.2 Å². The van der Waals surface area contributed by atoms with Crippen molar-refractivity contribution in [3.8, 4) is 11.4 Å². The highest BCUT2D eigenvalue weighted by molar-refractivity contribution is 6.33. The molecule has 0 radical (unpaired) electrons. The minimum Gasteiger partial charge on any atom is -0.477 e. The number of aromatic amines is 1. The highest BCUT2D eigenvalue weighted by Crippen LogP contribution is 2.35. The minimum absolute atomic E-state index is 0.1000. The van der Waals surface area contributed by atoms with Gasteiger partial charge in [-0.25, -0.2) is 9.78 Å². The zero-order valence-corrected chi connectivity index (χ0v) is 21.8. The predicted octanol–water partition coefficient (Wildman–Crippen LogP) is 6.59. The number of hydrogen-bond donors (Lipinski definition) is 4. The molecule has 4 aromatic carbocycles. The summed E-state index contributed by atoms with van der Waals surface area (Å²) in [5.41, 5.74) is 12.9. The number of anilines is 2. The van der Waals surface area contributed by atoms with Gasteiger partial charge >= 0.3 is 11.7 Å². The van der Waals surface area contributed by atoms with Crippen molar-refractivity contribution in [3.05, 3.63) is 121 Å². The molecule has 5 aromatic rings. The molecule has 12 nitrogen and oxygen atoms in total. The van der Waals surface area contributed by atoms with Crippen LogP contribution in [0.4, 0.5) is 22.7 Å². The van der Waals surface area contributed by atoms with Gasteiger partial charge in [0, 0.05) is 0 Å². The lowest BCUT2D eigenvalue weighted by Crippen LogP contribution is -2.02. The fourth-order valence-electron chi connectivity index (χ4n) is 3.36. The van der Waals surface area contributed by atoms with Crippen molar-refractivity contribution in [1.29, 1.82) is 0 Å². The summed E-state index contributed by atoms with van der Waals surface area (Å²) in [5, 5.41) is 30.0. The van der Waals surface area contributed by atoms with Gasteiger partial charge in [-0.3, -0.25) is 20.2 Å². The zero-order valence-electron chi connectivity index (χ0n) is 20.3. The largest absolute Gasteiger partial charge is 0.477 e. The number of aromatic nitrogens is 2. The third-order valence-corrected chi connectivity index (χ3v) is 5.82. The first-order valence-corrected chi connectivity index (χ1v) is 11.9. The Morgan fingerprint density at radius 2 is 1.30 bits per heavy atom. The number of carbonyl (C=O) groups is 1. The molecule has 204 valence electrons. The Morgan fingerprint density at radius 3 is 1.80 bits per heavy atom. The molecule has 0 atom stereocenters. The van der Waals surface area contributed by atoms with Crippen LogP contribution in [0.1, 0.15) is 10.4 Å². The van der Waals surface area contributed by atoms with Crippen molar-refractivity contribution < 1.29 is 19.7 Å². The van der Waals surface area contributed by atoms with Gasteiger partial charge in [0.15, 0.2) is 0 Å². The number of nitro groups is 2. The quantitative estimate of drug-likeness (QED) is 0.102. The van der Waals surface area contributed by atoms with Crippen LogP contribution in [0.15, 0.2) is 84.9 Å². The Kier molecular flexibility index (Phi) is 9.57. The summed E-state index contributed by atoms with van der Waals surface area (Å²) in [7, 11) is 0. The van der Waals surface area contributed by atoms with E-state index in [2.05, 4.69) is 9.97 Å². The molecule has 40 heavy (non-hydrogen) atoms. The van der Waals surface area contributed by atoms with E-state index in [1.165, 1.54) is 18.2 Å². The number of nitro benzene ring substituents is 2. The van der Waals surface area contributed by atoms with E-state index in [-0.39, 0.29) is 15.7 Å². The monoisotopic (exact) mass is 582 g/mol. The van der Waals surface area contributed by atoms with Crippen LogP contribution in [-0.2, 0) is 0 Å². The third kappa shape index (κ3) is 7.01. The highest BCUT2D eigenvalue weighted by atomic mass is 35.5. The average molecular weight is 583 g/mol. The second kappa shape index (κ2) is 13.0. The number of nitrogens with one attached hydrogen (secondary N) is 1. The summed E-state index contributed by atoms with van der Waals surface area (Å²) in [5.74, 6) is -0.926. The maximum absolute atomic E-state index is 11.1. The van der Waals surface area contributed by atoms with Crippen LogP contribution >= 0.6 is 23.2 Å². The van der Waals surface area contributed by atoms with Crippen LogP contribution in [0.5, 0.6) is 0 Å². The third-order valence-electron chi connectivity index (χ3n) is 5.21. The number of carboxylic acid groups (broad SMARTS) is 1. The summed E-state index contributed by atoms with van der Waals surface area (Å²) in [4.78, 5) is 38.1. The number of rotatable bonds is 4. The Labute approximate surface area is 236 Å². The first-order valence-electron chi connectivity index (χ1n) is 11.2. The molecule has 0 unspecified atom stereocenters. The number of benzene rings is 4. The Bertz CT molecular complexity index is 1650. The number of para-hydroxylation sites is 6. The lowest BCUT2D eigenvalue weighted by atomic mass is 10.1. The molecule has 0 bridgehead atoms. The second-order valence-electron chi connectivity index (χ2n) is 7.82. The van der Waals surface area contributed by atoms with Crippen molar-refractivity contribution in [2.75, 3.05) is 11.5 Å². The first kappa shape index (κ1) is 29.4. The van der Waals surface area contributed by atoms with E-state index >= 15 is 0 Å². The molecule has 0 aliphatic heterocycles. The number of carboxylic acids is 1. The average Bonchev–Trinajstić information content (AvgIpc) is 3.35. The summed E-state index contributed by atoms with van der Waals surface area (Å²) < 4.78 is 0. The molecule has 0 fully saturated rings. The van der Waals surface area contributed by atoms with Crippen LogP contribution in [0.3, 0.4) is 0 Å². The number of aromatic carboxylic acids is 1. The number of nitrogens with two attached hydrogens (primary N) is 2. The number of halogens is 2. The number of nitrogens with zero attached hydrogens (tertiary/aromatic N) is 3. The van der Waals surface area contributed by atoms with Crippen LogP contribution in [0.2, 0.25) is 10.0 Å². The minimum atomic E-state index is -1.37. The van der Waals surface area contributed by atoms with Gasteiger partial charge in [0.25, 0.3) is 5.69 Å². The maximum Gasteiger partial charge on any atom is 0.342 e. The van der Waals surface area contributed by atoms with Crippen molar-refractivity contribution >= 4 is 63.0 Å². The topological polar surface area (TPSA) is 204 Å². The van der Waals surface area contributed by atoms with Gasteiger partial charge in [0.1, 0.15) is 21.4 Å². The van der Waals surface area contributed by atoms with Gasteiger partial charge in [0.2, 0.25) is 0 Å². The zero-order chi connectivity index (χ0) is 29.4. The van der Waals surface area contributed by atoms with Crippen molar-refractivity contribution in [1.82, 2.24) is 9.97 Å². The fourth-order valence-corrected chi connectivity index (χ4v) is 3.84. The molecule has 0 aliphatic carbocycles. The number of H-pyrrole nitrogens is 1. The van der Waals surface area contributed by atoms with Crippen molar-refractivity contribution in [2.45, 2.75) is 0 Å². The van der Waals surface area contributed by atoms with Crippen LogP contribution < -0.4 is 11.5 Å². The van der Waals surface area contributed by atoms with E-state index < -0.39 is 27.1 Å². The second-order valence-corrected chi connectivity index (χ2v) is 8.64. The molecular formula is C26H20Cl2N6O6. The van der Waals surface area contributed by atoms with Gasteiger partial charge in [-0.2, -0.15) is 0 Å². The first-order chi connectivity index (χ1) is 19.0. The summed E-state index contributed by atoms with van der Waals surface area (Å²) in [6.07, 6.45) is 0. The normalized spacial score (nSPS) is 10.1. The molecule has 1 aromatic heterocycles. The fraction of sp³-hybridized carbons (Fsp3) is 0. The molecule has 6 N–H and O–H groups in total. The Morgan fingerprint density at radius 1 is 0.775 bits per heavy atom. The van der Waals surface area contributed by atoms with Gasteiger partial charge in [-0.15, -0.1) is 0 Å². The van der Waals surface area contributed by atoms with Gasteiger partial charge in [-0.05, 0) is 48.5 Å². The molecule has 0 spiro atoms. The molecule has 14 heteroatoms. The Hall–Kier alpha value is -5.20. The van der Waals surface area contributed by atoms with Gasteiger partial charge in [-0.1, -0.05) is 59.6 Å². The molecule has 1 heterocycles. The van der Waals surface area contributed by atoms with Gasteiger partial charge in [0.05, 0.1) is 37.8 Å². The van der Waals surface area contributed by atoms with E-state index in [1.807, 2.05) is 36.4 Å². The summed E-state index contributed by atoms with van der Waals surface area (Å²) in [6.45, 7) is 0. The van der Waals surface area contributed by atoms with E-state index in [0.717, 1.165) is 17.1 Å².